The number of carbonyl (C=O) groups excluding carboxylic acids is 1. The number of fused-ring (bicyclic) bond motifs is 1. The summed E-state index contributed by atoms with van der Waals surface area (Å²) < 4.78 is 21.0. The van der Waals surface area contributed by atoms with Gasteiger partial charge in [0.2, 0.25) is 6.79 Å². The first-order valence-corrected chi connectivity index (χ1v) is 8.26. The van der Waals surface area contributed by atoms with Crippen LogP contribution in [0.4, 0.5) is 0 Å². The number of amidine groups is 1. The summed E-state index contributed by atoms with van der Waals surface area (Å²) in [7, 11) is 5.76. The topological polar surface area (TPSA) is 82.8 Å². The number of methoxy groups -OCH3 is 1. The third-order valence-corrected chi connectivity index (χ3v) is 3.47. The van der Waals surface area contributed by atoms with Crippen molar-refractivity contribution >= 4 is 11.9 Å². The lowest BCUT2D eigenvalue weighted by atomic mass is 10.2. The van der Waals surface area contributed by atoms with Crippen molar-refractivity contribution in [1.82, 2.24) is 5.32 Å². The lowest BCUT2D eigenvalue weighted by Crippen LogP contribution is -3.05. The third-order valence-electron chi connectivity index (χ3n) is 3.47. The van der Waals surface area contributed by atoms with Crippen LogP contribution in [0, 0.1) is 0 Å². The number of ether oxygens (including phenoxy) is 4. The molecule has 0 aromatic heterocycles. The van der Waals surface area contributed by atoms with E-state index in [1.165, 1.54) is 4.90 Å². The first kappa shape index (κ1) is 19.0. The zero-order valence-electron chi connectivity index (χ0n) is 15.0. The second-order valence-electron chi connectivity index (χ2n) is 5.86. The van der Waals surface area contributed by atoms with Crippen LogP contribution in [0.1, 0.15) is 16.8 Å². The van der Waals surface area contributed by atoms with Crippen LogP contribution in [0.3, 0.4) is 0 Å². The molecule has 0 bridgehead atoms. The Kier molecular flexibility index (Phi) is 7.49. The smallest absolute Gasteiger partial charge is 0.291 e. The number of nitrogens with one attached hydrogen (secondary N) is 2. The zero-order valence-corrected chi connectivity index (χ0v) is 15.0. The van der Waals surface area contributed by atoms with E-state index in [2.05, 4.69) is 24.4 Å². The van der Waals surface area contributed by atoms with Crippen molar-refractivity contribution in [1.29, 1.82) is 0 Å². The van der Waals surface area contributed by atoms with E-state index in [0.29, 0.717) is 36.8 Å². The number of hydrogen-bond acceptors (Lipinski definition) is 6. The van der Waals surface area contributed by atoms with E-state index < -0.39 is 0 Å². The van der Waals surface area contributed by atoms with Crippen LogP contribution in [0.25, 0.3) is 0 Å². The van der Waals surface area contributed by atoms with Crippen molar-refractivity contribution in [3.8, 4) is 11.5 Å². The fraction of sp³-hybridized carbons (Fsp3) is 0.529. The first-order valence-electron chi connectivity index (χ1n) is 8.26. The molecule has 8 nitrogen and oxygen atoms in total. The van der Waals surface area contributed by atoms with Crippen molar-refractivity contribution in [2.75, 3.05) is 54.3 Å². The Morgan fingerprint density at radius 1 is 1.28 bits per heavy atom. The second kappa shape index (κ2) is 9.85. The predicted octanol–water partition coefficient (Wildman–Crippen LogP) is -0.301. The number of carbonyl (C=O) groups is 1. The summed E-state index contributed by atoms with van der Waals surface area (Å²) >= 11 is 0. The molecule has 1 aromatic rings. The van der Waals surface area contributed by atoms with Gasteiger partial charge in [0.05, 0.1) is 27.2 Å². The summed E-state index contributed by atoms with van der Waals surface area (Å²) in [4.78, 5) is 18.1. The summed E-state index contributed by atoms with van der Waals surface area (Å²) in [6, 6.07) is 5.22. The summed E-state index contributed by atoms with van der Waals surface area (Å²) in [6.07, 6.45) is 0.902. The van der Waals surface area contributed by atoms with Crippen LogP contribution in [0.15, 0.2) is 23.2 Å². The molecule has 1 heterocycles. The third kappa shape index (κ3) is 6.24. The molecule has 8 heteroatoms. The van der Waals surface area contributed by atoms with Crippen LogP contribution in [0.2, 0.25) is 0 Å². The molecule has 1 aliphatic heterocycles. The largest absolute Gasteiger partial charge is 0.463 e. The molecule has 25 heavy (non-hydrogen) atoms. The lowest BCUT2D eigenvalue weighted by molar-refractivity contribution is -0.858. The molecule has 0 saturated carbocycles. The van der Waals surface area contributed by atoms with Gasteiger partial charge in [-0.05, 0) is 18.2 Å². The van der Waals surface area contributed by atoms with E-state index in [4.69, 9.17) is 18.9 Å². The Labute approximate surface area is 147 Å². The molecule has 138 valence electrons. The van der Waals surface area contributed by atoms with E-state index in [-0.39, 0.29) is 18.7 Å². The lowest BCUT2D eigenvalue weighted by Gasteiger charge is -2.11. The molecule has 0 fully saturated rings. The standard InChI is InChI=1S/C17H25N3O5/c1-20(2)8-4-7-18-17(23-10-9-22-3)19-16(21)13-5-6-14-15(11-13)25-12-24-14/h5-6,11H,4,7-10,12H2,1-3H3,(H,18,19,21)/p+1. The highest BCUT2D eigenvalue weighted by Gasteiger charge is 2.17. The second-order valence-corrected chi connectivity index (χ2v) is 5.86. The highest BCUT2D eigenvalue weighted by atomic mass is 16.7. The van der Waals surface area contributed by atoms with E-state index >= 15 is 0 Å². The average Bonchev–Trinajstić information content (AvgIpc) is 3.06. The number of amides is 1. The highest BCUT2D eigenvalue weighted by Crippen LogP contribution is 2.32. The van der Waals surface area contributed by atoms with Crippen molar-refractivity contribution in [3.05, 3.63) is 23.8 Å². The molecular formula is C17H26N3O5+. The summed E-state index contributed by atoms with van der Waals surface area (Å²) in [5, 5.41) is 2.70. The number of aliphatic imine (C=N–C) groups is 1. The molecule has 1 amide bonds. The number of rotatable bonds is 8. The van der Waals surface area contributed by atoms with Crippen molar-refractivity contribution in [2.24, 2.45) is 4.99 Å². The highest BCUT2D eigenvalue weighted by molar-refractivity contribution is 6.04. The summed E-state index contributed by atoms with van der Waals surface area (Å²) in [5.41, 5.74) is 0.449. The molecule has 0 radical (unpaired) electrons. The normalized spacial score (nSPS) is 13.2. The van der Waals surface area contributed by atoms with Crippen molar-refractivity contribution in [3.63, 3.8) is 0 Å². The van der Waals surface area contributed by atoms with Gasteiger partial charge in [0, 0.05) is 25.6 Å². The van der Waals surface area contributed by atoms with E-state index in [1.54, 1.807) is 25.3 Å². The monoisotopic (exact) mass is 352 g/mol. The Balaban J connectivity index is 1.96. The quantitative estimate of drug-likeness (QED) is 0.381. The molecule has 2 rings (SSSR count). The van der Waals surface area contributed by atoms with Gasteiger partial charge in [-0.1, -0.05) is 0 Å². The Bertz CT molecular complexity index is 604. The molecule has 0 saturated heterocycles. The molecular weight excluding hydrogens is 326 g/mol. The minimum absolute atomic E-state index is 0.168. The van der Waals surface area contributed by atoms with E-state index in [9.17, 15) is 4.79 Å². The van der Waals surface area contributed by atoms with E-state index in [1.807, 2.05) is 0 Å². The predicted molar refractivity (Wildman–Crippen MR) is 92.5 cm³/mol. The van der Waals surface area contributed by atoms with Crippen LogP contribution in [-0.2, 0) is 9.47 Å². The summed E-state index contributed by atoms with van der Waals surface area (Å²) in [5.74, 6) is 0.876. The fourth-order valence-electron chi connectivity index (χ4n) is 2.16. The molecule has 1 aliphatic rings. The minimum atomic E-state index is -0.312. The van der Waals surface area contributed by atoms with Gasteiger partial charge >= 0.3 is 0 Å². The van der Waals surface area contributed by atoms with Crippen molar-refractivity contribution in [2.45, 2.75) is 6.42 Å². The van der Waals surface area contributed by atoms with Gasteiger partial charge in [-0.25, -0.2) is 4.99 Å². The van der Waals surface area contributed by atoms with Gasteiger partial charge in [-0.15, -0.1) is 0 Å². The van der Waals surface area contributed by atoms with Crippen LogP contribution in [-0.4, -0.2) is 66.2 Å². The maximum Gasteiger partial charge on any atom is 0.291 e. The van der Waals surface area contributed by atoms with Crippen molar-refractivity contribution < 1.29 is 28.6 Å². The van der Waals surface area contributed by atoms with Gasteiger partial charge in [0.1, 0.15) is 6.61 Å². The number of quaternary nitrogens is 1. The molecule has 0 atom stereocenters. The van der Waals surface area contributed by atoms with Crippen LogP contribution < -0.4 is 19.7 Å². The molecule has 0 spiro atoms. The Hall–Kier alpha value is -2.32. The number of hydrogen-bond donors (Lipinski definition) is 2. The molecule has 0 unspecified atom stereocenters. The van der Waals surface area contributed by atoms with E-state index in [0.717, 1.165) is 13.0 Å². The van der Waals surface area contributed by atoms with Gasteiger partial charge in [0.15, 0.2) is 11.5 Å². The summed E-state index contributed by atoms with van der Waals surface area (Å²) in [6.45, 7) is 2.47. The minimum Gasteiger partial charge on any atom is -0.463 e. The van der Waals surface area contributed by atoms with Crippen LogP contribution in [0.5, 0.6) is 11.5 Å². The number of benzene rings is 1. The Morgan fingerprint density at radius 2 is 2.08 bits per heavy atom. The zero-order chi connectivity index (χ0) is 18.1. The average molecular weight is 352 g/mol. The molecule has 0 aliphatic carbocycles. The van der Waals surface area contributed by atoms with Gasteiger partial charge in [-0.2, -0.15) is 0 Å². The first-order chi connectivity index (χ1) is 12.1. The van der Waals surface area contributed by atoms with Crippen LogP contribution >= 0.6 is 0 Å². The maximum absolute atomic E-state index is 12.4. The van der Waals surface area contributed by atoms with Gasteiger partial charge in [0.25, 0.3) is 11.9 Å². The SMILES string of the molecule is COCCOC(=NCCC[NH+](C)C)NC(=O)c1ccc2c(c1)OCO2. The molecule has 1 aromatic carbocycles. The van der Waals surface area contributed by atoms with Gasteiger partial charge in [-0.3, -0.25) is 10.1 Å². The van der Waals surface area contributed by atoms with Gasteiger partial charge < -0.3 is 23.8 Å². The maximum atomic E-state index is 12.4. The fourth-order valence-corrected chi connectivity index (χ4v) is 2.16. The number of nitrogens with zero attached hydrogens (tertiary/aromatic N) is 1. The molecule has 2 N–H and O–H groups in total. The Morgan fingerprint density at radius 3 is 2.84 bits per heavy atom.